The lowest BCUT2D eigenvalue weighted by Gasteiger charge is -2.15. The van der Waals surface area contributed by atoms with Crippen LogP contribution in [0.5, 0.6) is 17.2 Å². The first-order valence-electron chi connectivity index (χ1n) is 10.2. The lowest BCUT2D eigenvalue weighted by molar-refractivity contribution is -0.124. The first-order valence-corrected chi connectivity index (χ1v) is 10.2. The highest BCUT2D eigenvalue weighted by molar-refractivity contribution is 5.91. The van der Waals surface area contributed by atoms with Gasteiger partial charge in [-0.1, -0.05) is 36.4 Å². The van der Waals surface area contributed by atoms with Crippen molar-refractivity contribution < 1.29 is 28.5 Å². The minimum Gasteiger partial charge on any atom is -0.489 e. The van der Waals surface area contributed by atoms with Gasteiger partial charge >= 0.3 is 5.97 Å². The molecule has 3 aromatic carbocycles. The smallest absolute Gasteiger partial charge is 0.338 e. The zero-order valence-electron chi connectivity index (χ0n) is 17.6. The molecule has 7 heteroatoms. The molecule has 1 aliphatic heterocycles. The highest BCUT2D eigenvalue weighted by Gasteiger charge is 2.17. The number of esters is 1. The van der Waals surface area contributed by atoms with E-state index in [9.17, 15) is 9.59 Å². The molecule has 4 rings (SSSR count). The van der Waals surface area contributed by atoms with E-state index in [4.69, 9.17) is 18.9 Å². The van der Waals surface area contributed by atoms with E-state index in [1.165, 1.54) is 0 Å². The summed E-state index contributed by atoms with van der Waals surface area (Å²) < 4.78 is 21.5. The summed E-state index contributed by atoms with van der Waals surface area (Å²) in [5.41, 5.74) is 2.26. The highest BCUT2D eigenvalue weighted by atomic mass is 16.7. The van der Waals surface area contributed by atoms with E-state index in [0.717, 1.165) is 11.1 Å². The van der Waals surface area contributed by atoms with Crippen LogP contribution in [0.15, 0.2) is 72.8 Å². The van der Waals surface area contributed by atoms with Crippen molar-refractivity contribution in [2.24, 2.45) is 0 Å². The molecule has 164 valence electrons. The molecular weight excluding hydrogens is 410 g/mol. The fourth-order valence-corrected chi connectivity index (χ4v) is 3.19. The molecule has 3 aromatic rings. The Morgan fingerprint density at radius 2 is 1.72 bits per heavy atom. The standard InChI is InChI=1S/C25H23NO6/c1-17(20-9-12-22-23(13-20)32-16-31-22)26-24(27)15-30-25(28)19-7-10-21(11-8-19)29-14-18-5-3-2-4-6-18/h2-13,17H,14-16H2,1H3,(H,26,27). The molecule has 0 spiro atoms. The van der Waals surface area contributed by atoms with Gasteiger partial charge in [0.15, 0.2) is 18.1 Å². The number of rotatable bonds is 8. The van der Waals surface area contributed by atoms with E-state index in [-0.39, 0.29) is 19.4 Å². The molecule has 0 aliphatic carbocycles. The second-order valence-electron chi connectivity index (χ2n) is 7.28. The summed E-state index contributed by atoms with van der Waals surface area (Å²) in [6.07, 6.45) is 0. The first kappa shape index (κ1) is 21.2. The lowest BCUT2D eigenvalue weighted by atomic mass is 10.1. The fraction of sp³-hybridized carbons (Fsp3) is 0.200. The number of fused-ring (bicyclic) bond motifs is 1. The van der Waals surface area contributed by atoms with Crippen LogP contribution in [0.4, 0.5) is 0 Å². The van der Waals surface area contributed by atoms with Crippen LogP contribution in [0.25, 0.3) is 0 Å². The summed E-state index contributed by atoms with van der Waals surface area (Å²) in [5.74, 6) is 0.987. The molecule has 1 heterocycles. The second kappa shape index (κ2) is 9.87. The van der Waals surface area contributed by atoms with Gasteiger partial charge in [-0.15, -0.1) is 0 Å². The van der Waals surface area contributed by atoms with Crippen molar-refractivity contribution in [2.45, 2.75) is 19.6 Å². The fourth-order valence-electron chi connectivity index (χ4n) is 3.19. The minimum absolute atomic E-state index is 0.190. The topological polar surface area (TPSA) is 83.1 Å². The van der Waals surface area contributed by atoms with E-state index in [2.05, 4.69) is 5.32 Å². The normalized spacial score (nSPS) is 12.7. The van der Waals surface area contributed by atoms with Crippen molar-refractivity contribution in [3.05, 3.63) is 89.5 Å². The van der Waals surface area contributed by atoms with Crippen molar-refractivity contribution in [3.8, 4) is 17.2 Å². The van der Waals surface area contributed by atoms with Gasteiger partial charge in [0, 0.05) is 0 Å². The number of nitrogens with one attached hydrogen (secondary N) is 1. The van der Waals surface area contributed by atoms with E-state index in [1.54, 1.807) is 30.3 Å². The van der Waals surface area contributed by atoms with Crippen LogP contribution in [0.2, 0.25) is 0 Å². The van der Waals surface area contributed by atoms with Crippen LogP contribution in [0.1, 0.15) is 34.5 Å². The number of benzene rings is 3. The maximum absolute atomic E-state index is 12.3. The number of carbonyl (C=O) groups excluding carboxylic acids is 2. The summed E-state index contributed by atoms with van der Waals surface area (Å²) in [5, 5.41) is 2.80. The monoisotopic (exact) mass is 433 g/mol. The molecule has 0 saturated carbocycles. The Labute approximate surface area is 185 Å². The Morgan fingerprint density at radius 1 is 0.969 bits per heavy atom. The largest absolute Gasteiger partial charge is 0.489 e. The van der Waals surface area contributed by atoms with Crippen LogP contribution < -0.4 is 19.5 Å². The quantitative estimate of drug-likeness (QED) is 0.540. The molecule has 0 saturated heterocycles. The predicted molar refractivity (Wildman–Crippen MR) is 117 cm³/mol. The Balaban J connectivity index is 1.23. The van der Waals surface area contributed by atoms with Gasteiger partial charge in [0.05, 0.1) is 11.6 Å². The third-order valence-electron chi connectivity index (χ3n) is 4.95. The summed E-state index contributed by atoms with van der Waals surface area (Å²) in [6, 6.07) is 21.6. The van der Waals surface area contributed by atoms with Crippen molar-refractivity contribution >= 4 is 11.9 Å². The molecule has 0 aromatic heterocycles. The average Bonchev–Trinajstić information content (AvgIpc) is 3.30. The first-order chi connectivity index (χ1) is 15.6. The van der Waals surface area contributed by atoms with Gasteiger partial charge in [-0.3, -0.25) is 4.79 Å². The summed E-state index contributed by atoms with van der Waals surface area (Å²) >= 11 is 0. The lowest BCUT2D eigenvalue weighted by Crippen LogP contribution is -2.31. The van der Waals surface area contributed by atoms with Gasteiger partial charge < -0.3 is 24.3 Å². The van der Waals surface area contributed by atoms with Crippen molar-refractivity contribution in [2.75, 3.05) is 13.4 Å². The molecule has 0 radical (unpaired) electrons. The SMILES string of the molecule is CC(NC(=O)COC(=O)c1ccc(OCc2ccccc2)cc1)c1ccc2c(c1)OCO2. The molecule has 1 N–H and O–H groups in total. The van der Waals surface area contributed by atoms with E-state index in [1.807, 2.05) is 49.4 Å². The second-order valence-corrected chi connectivity index (χ2v) is 7.28. The number of ether oxygens (including phenoxy) is 4. The zero-order chi connectivity index (χ0) is 22.3. The van der Waals surface area contributed by atoms with E-state index in [0.29, 0.717) is 29.4 Å². The van der Waals surface area contributed by atoms with Gasteiger partial charge in [0.1, 0.15) is 12.4 Å². The van der Waals surface area contributed by atoms with E-state index < -0.39 is 11.9 Å². The number of amides is 1. The molecule has 1 unspecified atom stereocenters. The molecular formula is C25H23NO6. The van der Waals surface area contributed by atoms with Crippen LogP contribution >= 0.6 is 0 Å². The van der Waals surface area contributed by atoms with Crippen molar-refractivity contribution in [1.29, 1.82) is 0 Å². The van der Waals surface area contributed by atoms with Crippen molar-refractivity contribution in [1.82, 2.24) is 5.32 Å². The maximum Gasteiger partial charge on any atom is 0.338 e. The third kappa shape index (κ3) is 5.37. The number of hydrogen-bond donors (Lipinski definition) is 1. The maximum atomic E-state index is 12.3. The number of hydrogen-bond acceptors (Lipinski definition) is 6. The van der Waals surface area contributed by atoms with E-state index >= 15 is 0 Å². The predicted octanol–water partition coefficient (Wildman–Crippen LogP) is 4.03. The van der Waals surface area contributed by atoms with Crippen molar-refractivity contribution in [3.63, 3.8) is 0 Å². The molecule has 7 nitrogen and oxygen atoms in total. The molecule has 32 heavy (non-hydrogen) atoms. The molecule has 1 amide bonds. The van der Waals surface area contributed by atoms with Gasteiger partial charge in [-0.05, 0) is 54.4 Å². The van der Waals surface area contributed by atoms with Gasteiger partial charge in [-0.2, -0.15) is 0 Å². The number of carbonyl (C=O) groups is 2. The van der Waals surface area contributed by atoms with Crippen LogP contribution in [-0.4, -0.2) is 25.3 Å². The highest BCUT2D eigenvalue weighted by Crippen LogP contribution is 2.34. The third-order valence-corrected chi connectivity index (χ3v) is 4.95. The summed E-state index contributed by atoms with van der Waals surface area (Å²) in [7, 11) is 0. The minimum atomic E-state index is -0.578. The van der Waals surface area contributed by atoms with Crippen LogP contribution in [0.3, 0.4) is 0 Å². The Kier molecular flexibility index (Phi) is 6.55. The zero-order valence-corrected chi connectivity index (χ0v) is 17.6. The van der Waals surface area contributed by atoms with Gasteiger partial charge in [-0.25, -0.2) is 4.79 Å². The average molecular weight is 433 g/mol. The van der Waals surface area contributed by atoms with Crippen LogP contribution in [0, 0.1) is 0 Å². The molecule has 0 bridgehead atoms. The summed E-state index contributed by atoms with van der Waals surface area (Å²) in [6.45, 7) is 2.09. The van der Waals surface area contributed by atoms with Gasteiger partial charge in [0.2, 0.25) is 6.79 Å². The molecule has 0 fully saturated rings. The Bertz CT molecular complexity index is 1080. The van der Waals surface area contributed by atoms with Gasteiger partial charge in [0.25, 0.3) is 5.91 Å². The Hall–Kier alpha value is -4.00. The van der Waals surface area contributed by atoms with Crippen LogP contribution in [-0.2, 0) is 16.1 Å². The molecule has 1 aliphatic rings. The Morgan fingerprint density at radius 3 is 2.50 bits per heavy atom. The molecule has 1 atom stereocenters. The summed E-state index contributed by atoms with van der Waals surface area (Å²) in [4.78, 5) is 24.5.